The topological polar surface area (TPSA) is 279 Å². The van der Waals surface area contributed by atoms with E-state index in [1.54, 1.807) is 0 Å². The first kappa shape index (κ1) is 64.4. The number of esters is 8. The minimum atomic E-state index is -0.617. The molecule has 0 aromatic rings. The van der Waals surface area contributed by atoms with Crippen molar-refractivity contribution in [1.29, 1.82) is 0 Å². The van der Waals surface area contributed by atoms with Crippen molar-refractivity contribution in [3.05, 3.63) is 48.6 Å². The predicted octanol–water partition coefficient (Wildman–Crippen LogP) is 2.51. The minimum Gasteiger partial charge on any atom is -0.462 e. The van der Waals surface area contributed by atoms with E-state index in [-0.39, 0.29) is 150 Å². The van der Waals surface area contributed by atoms with Gasteiger partial charge in [-0.2, -0.15) is 0 Å². The van der Waals surface area contributed by atoms with Crippen molar-refractivity contribution in [3.8, 4) is 0 Å². The van der Waals surface area contributed by atoms with Gasteiger partial charge in [0.1, 0.15) is 102 Å². The molecule has 0 N–H and O–H groups in total. The quantitative estimate of drug-likeness (QED) is 0.0442. The van der Waals surface area contributed by atoms with E-state index in [0.29, 0.717) is 0 Å². The summed E-state index contributed by atoms with van der Waals surface area (Å²) in [5.41, 5.74) is 1.13. The fourth-order valence-corrected chi connectivity index (χ4v) is 2.67. The van der Waals surface area contributed by atoms with Crippen LogP contribution >= 0.6 is 0 Å². The van der Waals surface area contributed by atoms with Crippen LogP contribution in [0.4, 0.5) is 0 Å². The molecule has 0 aliphatic heterocycles. The maximum Gasteiger partial charge on any atom is 4.00 e. The fraction of sp³-hybridized carbons (Fsp3) is 0.500. The number of ketones is 4. The molecule has 0 radical (unpaired) electrons. The van der Waals surface area contributed by atoms with Crippen LogP contribution in [-0.4, -0.2) is 124 Å². The van der Waals surface area contributed by atoms with Gasteiger partial charge in [-0.05, 0) is 55.4 Å². The third-order valence-electron chi connectivity index (χ3n) is 5.29. The van der Waals surface area contributed by atoms with Gasteiger partial charge >= 0.3 is 74.0 Å². The molecule has 0 rings (SSSR count). The van der Waals surface area contributed by atoms with Crippen LogP contribution in [0.5, 0.6) is 0 Å². The fourth-order valence-electron chi connectivity index (χ4n) is 2.67. The van der Waals surface area contributed by atoms with Crippen LogP contribution in [0.15, 0.2) is 48.6 Å². The number of ether oxygens (including phenoxy) is 8. The Morgan fingerprint density at radius 3 is 0.525 bits per heavy atom. The first-order valence-corrected chi connectivity index (χ1v) is 17.6. The molecule has 0 aliphatic carbocycles. The molecule has 0 unspecified atom stereocenters. The average molecular weight is 948 g/mol. The summed E-state index contributed by atoms with van der Waals surface area (Å²) in [4.78, 5) is 129. The van der Waals surface area contributed by atoms with E-state index in [1.807, 2.05) is 0 Å². The zero-order valence-corrected chi connectivity index (χ0v) is 38.4. The van der Waals surface area contributed by atoms with E-state index < -0.39 is 47.8 Å². The van der Waals surface area contributed by atoms with E-state index in [1.165, 1.54) is 55.4 Å². The molecule has 0 saturated heterocycles. The largest absolute Gasteiger partial charge is 4.00 e. The first-order valence-electron chi connectivity index (χ1n) is 17.6. The van der Waals surface area contributed by atoms with Crippen LogP contribution in [0.3, 0.4) is 0 Å². The third-order valence-corrected chi connectivity index (χ3v) is 5.29. The van der Waals surface area contributed by atoms with Crippen LogP contribution in [0.1, 0.15) is 81.1 Å². The van der Waals surface area contributed by atoms with Crippen molar-refractivity contribution in [2.45, 2.75) is 81.1 Å². The predicted molar refractivity (Wildman–Crippen MR) is 208 cm³/mol. The number of Topliss-reactive ketones (excluding diaryl/α,β-unsaturated/α-hetero) is 4. The summed E-state index contributed by atoms with van der Waals surface area (Å²) in [6.45, 7) is 24.4. The van der Waals surface area contributed by atoms with E-state index in [9.17, 15) is 57.5 Å². The normalized spacial score (nSPS) is 9.05. The monoisotopic (exact) mass is 946 g/mol. The van der Waals surface area contributed by atoms with Crippen molar-refractivity contribution >= 4 is 70.9 Å². The number of hydrogen-bond acceptors (Lipinski definition) is 20. The van der Waals surface area contributed by atoms with Gasteiger partial charge in [0.05, 0.1) is 0 Å². The molecular weight excluding hydrogens is 892 g/mol. The van der Waals surface area contributed by atoms with E-state index in [0.717, 1.165) is 0 Å². The van der Waals surface area contributed by atoms with E-state index >= 15 is 0 Å². The summed E-state index contributed by atoms with van der Waals surface area (Å²) in [5.74, 6) is -5.65. The summed E-state index contributed by atoms with van der Waals surface area (Å²) in [6, 6.07) is 0. The summed E-state index contributed by atoms with van der Waals surface area (Å²) in [5, 5.41) is 0. The Hall–Kier alpha value is -5.72. The Labute approximate surface area is 373 Å². The van der Waals surface area contributed by atoms with Crippen molar-refractivity contribution < 1.29 is 122 Å². The van der Waals surface area contributed by atoms with Gasteiger partial charge in [-0.1, -0.05) is 26.3 Å². The van der Waals surface area contributed by atoms with Gasteiger partial charge < -0.3 is 37.9 Å². The van der Waals surface area contributed by atoms with E-state index in [4.69, 9.17) is 0 Å². The van der Waals surface area contributed by atoms with Crippen LogP contribution in [0, 0.1) is 0 Å². The Morgan fingerprint density at radius 2 is 0.410 bits per heavy atom. The van der Waals surface area contributed by atoms with Gasteiger partial charge in [-0.25, -0.2) is 19.2 Å². The molecule has 0 bridgehead atoms. The van der Waals surface area contributed by atoms with Gasteiger partial charge in [0.2, 0.25) is 0 Å². The van der Waals surface area contributed by atoms with Gasteiger partial charge in [0.25, 0.3) is 0 Å². The molecular formula is C40H56O20Zr+4. The van der Waals surface area contributed by atoms with Gasteiger partial charge in [0, 0.05) is 22.3 Å². The molecule has 20 nitrogen and oxygen atoms in total. The number of hydrogen-bond donors (Lipinski definition) is 0. The summed E-state index contributed by atoms with van der Waals surface area (Å²) >= 11 is 0. The molecule has 0 fully saturated rings. The van der Waals surface area contributed by atoms with Crippen LogP contribution < -0.4 is 0 Å². The Morgan fingerprint density at radius 1 is 0.279 bits per heavy atom. The second kappa shape index (κ2) is 39.7. The molecule has 21 heteroatoms. The van der Waals surface area contributed by atoms with Crippen LogP contribution in [0.2, 0.25) is 0 Å². The average Bonchev–Trinajstić information content (AvgIpc) is 3.11. The van der Waals surface area contributed by atoms with Crippen LogP contribution in [-0.2, 0) is 122 Å². The maximum atomic E-state index is 10.8. The molecule has 61 heavy (non-hydrogen) atoms. The summed E-state index contributed by atoms with van der Waals surface area (Å²) < 4.78 is 37.1. The number of carbonyl (C=O) groups is 12. The zero-order valence-electron chi connectivity index (χ0n) is 36.0. The maximum absolute atomic E-state index is 10.8. The second-order valence-electron chi connectivity index (χ2n) is 12.1. The van der Waals surface area contributed by atoms with Gasteiger partial charge in [-0.15, -0.1) is 0 Å². The molecule has 0 spiro atoms. The van der Waals surface area contributed by atoms with E-state index in [2.05, 4.69) is 64.2 Å². The summed E-state index contributed by atoms with van der Waals surface area (Å²) in [7, 11) is 0. The molecule has 336 valence electrons. The van der Waals surface area contributed by atoms with Gasteiger partial charge in [-0.3, -0.25) is 38.4 Å². The standard InChI is InChI=1S/4C10H14O5.Zr/c4*1-7(2)10(13)15-5-4-14-9(12)6-8(3)11;/h4*1,4-6H2,2-3H3;/q;;;;+4. The molecule has 0 aliphatic rings. The number of rotatable bonds is 24. The Balaban J connectivity index is -0.000000227. The summed E-state index contributed by atoms with van der Waals surface area (Å²) in [6.07, 6.45) is -1.02. The second-order valence-corrected chi connectivity index (χ2v) is 12.1. The molecule has 0 atom stereocenters. The van der Waals surface area contributed by atoms with Crippen molar-refractivity contribution in [3.63, 3.8) is 0 Å². The SMILES string of the molecule is C=C(C)C(=O)OCCOC(=O)CC(C)=O.C=C(C)C(=O)OCCOC(=O)CC(C)=O.C=C(C)C(=O)OCCOC(=O)CC(C)=O.C=C(C)C(=O)OCCOC(=O)CC(C)=O.[Zr+4]. The number of carbonyl (C=O) groups excluding carboxylic acids is 12. The van der Waals surface area contributed by atoms with Crippen molar-refractivity contribution in [2.24, 2.45) is 0 Å². The van der Waals surface area contributed by atoms with Gasteiger partial charge in [0.15, 0.2) is 0 Å². The molecule has 0 saturated carbocycles. The van der Waals surface area contributed by atoms with Crippen molar-refractivity contribution in [2.75, 3.05) is 52.9 Å². The molecule has 0 heterocycles. The Bertz CT molecular complexity index is 1360. The Kier molecular flexibility index (Phi) is 42.0. The van der Waals surface area contributed by atoms with Crippen molar-refractivity contribution in [1.82, 2.24) is 0 Å². The van der Waals surface area contributed by atoms with Crippen LogP contribution in [0.25, 0.3) is 0 Å². The molecule has 0 aromatic carbocycles. The molecule has 0 aromatic heterocycles. The minimum absolute atomic E-state index is 0. The third kappa shape index (κ3) is 50.4. The first-order chi connectivity index (χ1) is 27.7. The zero-order chi connectivity index (χ0) is 47.4. The molecule has 0 amide bonds. The smallest absolute Gasteiger partial charge is 0.462 e.